The van der Waals surface area contributed by atoms with Gasteiger partial charge in [-0.2, -0.15) is 0 Å². The SMILES string of the molecule is CC(N)CCC(=O)N(C)CCc1ccccc1Br. The van der Waals surface area contributed by atoms with Crippen LogP contribution in [0.25, 0.3) is 0 Å². The summed E-state index contributed by atoms with van der Waals surface area (Å²) < 4.78 is 1.10. The second-order valence-electron chi connectivity index (χ2n) is 4.67. The van der Waals surface area contributed by atoms with Crippen LogP contribution in [-0.2, 0) is 11.2 Å². The van der Waals surface area contributed by atoms with Crippen LogP contribution >= 0.6 is 15.9 Å². The summed E-state index contributed by atoms with van der Waals surface area (Å²) in [5.74, 6) is 0.166. The zero-order valence-electron chi connectivity index (χ0n) is 11.0. The van der Waals surface area contributed by atoms with Crippen molar-refractivity contribution in [2.45, 2.75) is 32.2 Å². The van der Waals surface area contributed by atoms with Gasteiger partial charge in [-0.1, -0.05) is 34.1 Å². The van der Waals surface area contributed by atoms with Gasteiger partial charge in [0, 0.05) is 30.5 Å². The number of carbonyl (C=O) groups is 1. The van der Waals surface area contributed by atoms with Crippen LogP contribution < -0.4 is 5.73 Å². The molecule has 0 heterocycles. The molecule has 2 N–H and O–H groups in total. The lowest BCUT2D eigenvalue weighted by molar-refractivity contribution is -0.130. The molecule has 1 aromatic rings. The predicted octanol–water partition coefficient (Wildman–Crippen LogP) is 2.58. The molecular formula is C14H21BrN2O. The number of nitrogens with zero attached hydrogens (tertiary/aromatic N) is 1. The smallest absolute Gasteiger partial charge is 0.222 e. The molecule has 0 aromatic heterocycles. The van der Waals surface area contributed by atoms with Crippen molar-refractivity contribution < 1.29 is 4.79 Å². The fourth-order valence-electron chi connectivity index (χ4n) is 1.66. The molecule has 0 saturated heterocycles. The molecule has 0 fully saturated rings. The number of rotatable bonds is 6. The van der Waals surface area contributed by atoms with E-state index < -0.39 is 0 Å². The highest BCUT2D eigenvalue weighted by Gasteiger charge is 2.10. The number of hydrogen-bond donors (Lipinski definition) is 1. The van der Waals surface area contributed by atoms with Crippen LogP contribution in [0.15, 0.2) is 28.7 Å². The number of likely N-dealkylation sites (N-methyl/N-ethyl adjacent to an activating group) is 1. The lowest BCUT2D eigenvalue weighted by Gasteiger charge is -2.18. The maximum atomic E-state index is 11.8. The maximum absolute atomic E-state index is 11.8. The fraction of sp³-hybridized carbons (Fsp3) is 0.500. The van der Waals surface area contributed by atoms with E-state index in [9.17, 15) is 4.79 Å². The van der Waals surface area contributed by atoms with Crippen LogP contribution in [-0.4, -0.2) is 30.4 Å². The molecule has 0 radical (unpaired) electrons. The Labute approximate surface area is 117 Å². The summed E-state index contributed by atoms with van der Waals surface area (Å²) >= 11 is 3.51. The van der Waals surface area contributed by atoms with Crippen LogP contribution in [0.4, 0.5) is 0 Å². The average Bonchev–Trinajstić information content (AvgIpc) is 2.34. The van der Waals surface area contributed by atoms with Crippen molar-refractivity contribution >= 4 is 21.8 Å². The Kier molecular flexibility index (Phi) is 6.36. The minimum atomic E-state index is 0.0885. The fourth-order valence-corrected chi connectivity index (χ4v) is 2.14. The Hall–Kier alpha value is -0.870. The van der Waals surface area contributed by atoms with E-state index >= 15 is 0 Å². The standard InChI is InChI=1S/C14H21BrN2O/c1-11(16)7-8-14(18)17(2)10-9-12-5-3-4-6-13(12)15/h3-6,11H,7-10,16H2,1-2H3. The summed E-state index contributed by atoms with van der Waals surface area (Å²) in [5, 5.41) is 0. The van der Waals surface area contributed by atoms with Crippen LogP contribution in [0.2, 0.25) is 0 Å². The van der Waals surface area contributed by atoms with Crippen molar-refractivity contribution in [3.8, 4) is 0 Å². The van der Waals surface area contributed by atoms with Crippen molar-refractivity contribution in [2.24, 2.45) is 5.73 Å². The Morgan fingerprint density at radius 3 is 2.72 bits per heavy atom. The van der Waals surface area contributed by atoms with Gasteiger partial charge in [-0.3, -0.25) is 4.79 Å². The highest BCUT2D eigenvalue weighted by molar-refractivity contribution is 9.10. The molecule has 1 atom stereocenters. The van der Waals surface area contributed by atoms with Gasteiger partial charge in [0.15, 0.2) is 0 Å². The first-order valence-corrected chi connectivity index (χ1v) is 7.03. The third kappa shape index (κ3) is 5.19. The monoisotopic (exact) mass is 312 g/mol. The number of benzene rings is 1. The quantitative estimate of drug-likeness (QED) is 0.877. The average molecular weight is 313 g/mol. The first kappa shape index (κ1) is 15.2. The lowest BCUT2D eigenvalue weighted by Crippen LogP contribution is -2.30. The van der Waals surface area contributed by atoms with E-state index in [1.54, 1.807) is 4.90 Å². The highest BCUT2D eigenvalue weighted by atomic mass is 79.9. The molecule has 3 nitrogen and oxygen atoms in total. The molecule has 0 saturated carbocycles. The number of amides is 1. The molecule has 4 heteroatoms. The molecular weight excluding hydrogens is 292 g/mol. The van der Waals surface area contributed by atoms with E-state index in [4.69, 9.17) is 5.73 Å². The predicted molar refractivity (Wildman–Crippen MR) is 78.4 cm³/mol. The summed E-state index contributed by atoms with van der Waals surface area (Å²) in [5.41, 5.74) is 6.88. The Bertz CT molecular complexity index is 393. The van der Waals surface area contributed by atoms with Crippen LogP contribution in [0.3, 0.4) is 0 Å². The molecule has 1 rings (SSSR count). The molecule has 0 aliphatic carbocycles. The van der Waals surface area contributed by atoms with Gasteiger partial charge in [0.25, 0.3) is 0 Å². The molecule has 1 unspecified atom stereocenters. The normalized spacial score (nSPS) is 12.2. The molecule has 1 amide bonds. The van der Waals surface area contributed by atoms with Crippen molar-refractivity contribution in [2.75, 3.05) is 13.6 Å². The van der Waals surface area contributed by atoms with Gasteiger partial charge in [-0.25, -0.2) is 0 Å². The summed E-state index contributed by atoms with van der Waals surface area (Å²) in [6, 6.07) is 8.19. The molecule has 1 aromatic carbocycles. The van der Waals surface area contributed by atoms with E-state index in [0.29, 0.717) is 6.42 Å². The van der Waals surface area contributed by atoms with Gasteiger partial charge in [-0.05, 0) is 31.4 Å². The Morgan fingerprint density at radius 2 is 2.11 bits per heavy atom. The number of carbonyl (C=O) groups excluding carboxylic acids is 1. The van der Waals surface area contributed by atoms with E-state index in [-0.39, 0.29) is 11.9 Å². The summed E-state index contributed by atoms with van der Waals surface area (Å²) in [4.78, 5) is 13.6. The van der Waals surface area contributed by atoms with Gasteiger partial charge in [0.2, 0.25) is 5.91 Å². The Balaban J connectivity index is 2.39. The summed E-state index contributed by atoms with van der Waals surface area (Å²) in [6.07, 6.45) is 2.14. The molecule has 0 aliphatic rings. The van der Waals surface area contributed by atoms with Gasteiger partial charge in [0.1, 0.15) is 0 Å². The molecule has 0 aliphatic heterocycles. The van der Waals surface area contributed by atoms with E-state index in [1.807, 2.05) is 32.2 Å². The zero-order chi connectivity index (χ0) is 13.5. The van der Waals surface area contributed by atoms with Gasteiger partial charge < -0.3 is 10.6 Å². The Morgan fingerprint density at radius 1 is 1.44 bits per heavy atom. The minimum absolute atomic E-state index is 0.0885. The first-order valence-electron chi connectivity index (χ1n) is 6.23. The lowest BCUT2D eigenvalue weighted by atomic mass is 10.1. The van der Waals surface area contributed by atoms with E-state index in [1.165, 1.54) is 5.56 Å². The molecule has 18 heavy (non-hydrogen) atoms. The van der Waals surface area contributed by atoms with Gasteiger partial charge in [0.05, 0.1) is 0 Å². The number of hydrogen-bond acceptors (Lipinski definition) is 2. The van der Waals surface area contributed by atoms with E-state index in [2.05, 4.69) is 22.0 Å². The third-order valence-electron chi connectivity index (χ3n) is 2.91. The van der Waals surface area contributed by atoms with Crippen molar-refractivity contribution in [1.82, 2.24) is 4.90 Å². The molecule has 0 bridgehead atoms. The maximum Gasteiger partial charge on any atom is 0.222 e. The molecule has 0 spiro atoms. The molecule has 100 valence electrons. The summed E-state index contributed by atoms with van der Waals surface area (Å²) in [6.45, 7) is 2.66. The topological polar surface area (TPSA) is 46.3 Å². The van der Waals surface area contributed by atoms with Crippen molar-refractivity contribution in [3.05, 3.63) is 34.3 Å². The van der Waals surface area contributed by atoms with Gasteiger partial charge in [-0.15, -0.1) is 0 Å². The van der Waals surface area contributed by atoms with Crippen LogP contribution in [0, 0.1) is 0 Å². The largest absolute Gasteiger partial charge is 0.345 e. The van der Waals surface area contributed by atoms with Gasteiger partial charge >= 0.3 is 0 Å². The highest BCUT2D eigenvalue weighted by Crippen LogP contribution is 2.16. The zero-order valence-corrected chi connectivity index (χ0v) is 12.6. The van der Waals surface area contributed by atoms with Crippen molar-refractivity contribution in [1.29, 1.82) is 0 Å². The van der Waals surface area contributed by atoms with Crippen LogP contribution in [0.5, 0.6) is 0 Å². The minimum Gasteiger partial charge on any atom is -0.345 e. The second kappa shape index (κ2) is 7.54. The third-order valence-corrected chi connectivity index (χ3v) is 3.69. The number of nitrogens with two attached hydrogens (primary N) is 1. The van der Waals surface area contributed by atoms with Crippen LogP contribution in [0.1, 0.15) is 25.3 Å². The van der Waals surface area contributed by atoms with E-state index in [0.717, 1.165) is 23.9 Å². The second-order valence-corrected chi connectivity index (χ2v) is 5.53. The van der Waals surface area contributed by atoms with Crippen molar-refractivity contribution in [3.63, 3.8) is 0 Å². The number of halogens is 1. The summed E-state index contributed by atoms with van der Waals surface area (Å²) in [7, 11) is 1.85. The first-order chi connectivity index (χ1) is 8.50.